The van der Waals surface area contributed by atoms with Crippen LogP contribution in [0.2, 0.25) is 0 Å². The van der Waals surface area contributed by atoms with Gasteiger partial charge in [0.25, 0.3) is 5.91 Å². The number of carbonyl (C=O) groups excluding carboxylic acids is 2. The third-order valence-corrected chi connectivity index (χ3v) is 5.15. The molecule has 5 nitrogen and oxygen atoms in total. The molecular formula is C22H22FN3O2S. The highest BCUT2D eigenvalue weighted by Gasteiger charge is 2.34. The number of hydrogen-bond acceptors (Lipinski definition) is 4. The standard InChI is InChI=1S/C22H22FN3O2S/c1-14(2)24-20(27)15(3)29-22-25-19(13-16-7-5-4-6-8-16)21(28)26(22)18-11-9-17(23)10-12-18/h4-15H,1-3H3,(H,24,27)/b19-13-. The highest BCUT2D eigenvalue weighted by molar-refractivity contribution is 8.15. The van der Waals surface area contributed by atoms with Gasteiger partial charge < -0.3 is 5.32 Å². The SMILES string of the molecule is CC(C)NC(=O)C(C)SC1=N/C(=C\c2ccccc2)C(=O)N1c1ccc(F)cc1. The van der Waals surface area contributed by atoms with Crippen LogP contribution in [0.15, 0.2) is 65.3 Å². The van der Waals surface area contributed by atoms with Crippen LogP contribution in [-0.4, -0.2) is 28.3 Å². The van der Waals surface area contributed by atoms with Crippen molar-refractivity contribution in [2.75, 3.05) is 4.90 Å². The van der Waals surface area contributed by atoms with Crippen molar-refractivity contribution in [3.63, 3.8) is 0 Å². The molecule has 0 radical (unpaired) electrons. The van der Waals surface area contributed by atoms with Crippen LogP contribution in [0.4, 0.5) is 10.1 Å². The third kappa shape index (κ3) is 5.12. The van der Waals surface area contributed by atoms with Gasteiger partial charge in [-0.2, -0.15) is 0 Å². The minimum absolute atomic E-state index is 0.0134. The maximum Gasteiger partial charge on any atom is 0.283 e. The van der Waals surface area contributed by atoms with E-state index in [4.69, 9.17) is 0 Å². The first-order valence-corrected chi connectivity index (χ1v) is 10.2. The lowest BCUT2D eigenvalue weighted by Crippen LogP contribution is -2.38. The lowest BCUT2D eigenvalue weighted by atomic mass is 10.2. The highest BCUT2D eigenvalue weighted by atomic mass is 32.2. The van der Waals surface area contributed by atoms with E-state index in [0.29, 0.717) is 10.9 Å². The molecule has 2 aromatic carbocycles. The first kappa shape index (κ1) is 20.8. The van der Waals surface area contributed by atoms with Crippen LogP contribution in [0.25, 0.3) is 6.08 Å². The Morgan fingerprint density at radius 1 is 1.10 bits per heavy atom. The molecule has 1 atom stereocenters. The molecule has 0 aromatic heterocycles. The van der Waals surface area contributed by atoms with Crippen molar-refractivity contribution in [1.82, 2.24) is 5.32 Å². The molecule has 29 heavy (non-hydrogen) atoms. The van der Waals surface area contributed by atoms with Gasteiger partial charge in [-0.1, -0.05) is 42.1 Å². The molecule has 1 heterocycles. The summed E-state index contributed by atoms with van der Waals surface area (Å²) in [7, 11) is 0. The average Bonchev–Trinajstić information content (AvgIpc) is 2.98. The van der Waals surface area contributed by atoms with Crippen LogP contribution in [0.1, 0.15) is 26.3 Å². The van der Waals surface area contributed by atoms with Crippen LogP contribution < -0.4 is 10.2 Å². The highest BCUT2D eigenvalue weighted by Crippen LogP contribution is 2.31. The molecule has 1 aliphatic rings. The van der Waals surface area contributed by atoms with Gasteiger partial charge in [-0.3, -0.25) is 14.5 Å². The minimum Gasteiger partial charge on any atom is -0.353 e. The molecule has 0 saturated carbocycles. The molecule has 1 aliphatic heterocycles. The molecule has 1 unspecified atom stereocenters. The van der Waals surface area contributed by atoms with Crippen LogP contribution in [0.3, 0.4) is 0 Å². The first-order valence-electron chi connectivity index (χ1n) is 9.27. The lowest BCUT2D eigenvalue weighted by Gasteiger charge is -2.20. The van der Waals surface area contributed by atoms with E-state index < -0.39 is 11.1 Å². The van der Waals surface area contributed by atoms with Gasteiger partial charge in [0, 0.05) is 6.04 Å². The van der Waals surface area contributed by atoms with E-state index in [0.717, 1.165) is 5.56 Å². The summed E-state index contributed by atoms with van der Waals surface area (Å²) >= 11 is 1.19. The van der Waals surface area contributed by atoms with Crippen molar-refractivity contribution >= 4 is 40.5 Å². The lowest BCUT2D eigenvalue weighted by molar-refractivity contribution is -0.120. The molecule has 0 saturated heterocycles. The molecule has 7 heteroatoms. The van der Waals surface area contributed by atoms with E-state index >= 15 is 0 Å². The molecule has 2 aromatic rings. The summed E-state index contributed by atoms with van der Waals surface area (Å²) in [6, 6.07) is 15.0. The minimum atomic E-state index is -0.456. The zero-order valence-electron chi connectivity index (χ0n) is 16.4. The average molecular weight is 412 g/mol. The Morgan fingerprint density at radius 2 is 1.76 bits per heavy atom. The van der Waals surface area contributed by atoms with Gasteiger partial charge in [0.2, 0.25) is 5.91 Å². The topological polar surface area (TPSA) is 61.8 Å². The van der Waals surface area contributed by atoms with E-state index in [-0.39, 0.29) is 23.6 Å². The summed E-state index contributed by atoms with van der Waals surface area (Å²) in [5, 5.41) is 2.79. The van der Waals surface area contributed by atoms with Crippen molar-refractivity contribution in [3.05, 3.63) is 71.7 Å². The van der Waals surface area contributed by atoms with Gasteiger partial charge in [0.15, 0.2) is 5.17 Å². The second kappa shape index (κ2) is 9.05. The predicted octanol–water partition coefficient (Wildman–Crippen LogP) is 4.22. The number of thioether (sulfide) groups is 1. The van der Waals surface area contributed by atoms with E-state index in [1.54, 1.807) is 13.0 Å². The van der Waals surface area contributed by atoms with E-state index in [2.05, 4.69) is 10.3 Å². The van der Waals surface area contributed by atoms with Crippen molar-refractivity contribution in [2.24, 2.45) is 4.99 Å². The normalized spacial score (nSPS) is 16.3. The van der Waals surface area contributed by atoms with E-state index in [9.17, 15) is 14.0 Å². The maximum atomic E-state index is 13.4. The van der Waals surface area contributed by atoms with E-state index in [1.165, 1.54) is 40.9 Å². The molecule has 1 N–H and O–H groups in total. The van der Waals surface area contributed by atoms with Gasteiger partial charge in [-0.05, 0) is 56.7 Å². The van der Waals surface area contributed by atoms with Crippen LogP contribution in [0, 0.1) is 5.82 Å². The molecule has 150 valence electrons. The molecule has 2 amide bonds. The Labute approximate surface area is 173 Å². The van der Waals surface area contributed by atoms with Crippen molar-refractivity contribution < 1.29 is 14.0 Å². The fourth-order valence-electron chi connectivity index (χ4n) is 2.71. The number of hydrogen-bond donors (Lipinski definition) is 1. The number of rotatable bonds is 5. The zero-order valence-corrected chi connectivity index (χ0v) is 17.2. The Morgan fingerprint density at radius 3 is 2.38 bits per heavy atom. The van der Waals surface area contributed by atoms with Crippen LogP contribution in [-0.2, 0) is 9.59 Å². The number of halogens is 1. The largest absolute Gasteiger partial charge is 0.353 e. The van der Waals surface area contributed by atoms with Crippen molar-refractivity contribution in [3.8, 4) is 0 Å². The van der Waals surface area contributed by atoms with Crippen LogP contribution >= 0.6 is 11.8 Å². The van der Waals surface area contributed by atoms with E-state index in [1.807, 2.05) is 44.2 Å². The Balaban J connectivity index is 1.93. The number of benzene rings is 2. The number of nitrogens with one attached hydrogen (secondary N) is 1. The smallest absolute Gasteiger partial charge is 0.283 e. The summed E-state index contributed by atoms with van der Waals surface area (Å²) < 4.78 is 13.4. The van der Waals surface area contributed by atoms with Gasteiger partial charge in [0.05, 0.1) is 10.9 Å². The van der Waals surface area contributed by atoms with Crippen molar-refractivity contribution in [1.29, 1.82) is 0 Å². The van der Waals surface area contributed by atoms with Gasteiger partial charge in [-0.15, -0.1) is 0 Å². The van der Waals surface area contributed by atoms with Crippen molar-refractivity contribution in [2.45, 2.75) is 32.1 Å². The summed E-state index contributed by atoms with van der Waals surface area (Å²) in [5.41, 5.74) is 1.60. The Bertz CT molecular complexity index is 956. The molecule has 0 bridgehead atoms. The summed E-state index contributed by atoms with van der Waals surface area (Å²) in [5.74, 6) is -0.851. The predicted molar refractivity (Wildman–Crippen MR) is 116 cm³/mol. The summed E-state index contributed by atoms with van der Waals surface area (Å²) in [4.78, 5) is 31.3. The maximum absolute atomic E-state index is 13.4. The second-order valence-electron chi connectivity index (χ2n) is 6.87. The molecule has 0 aliphatic carbocycles. The number of nitrogens with zero attached hydrogens (tertiary/aromatic N) is 2. The van der Waals surface area contributed by atoms with Crippen LogP contribution in [0.5, 0.6) is 0 Å². The number of carbonyl (C=O) groups is 2. The molecule has 0 spiro atoms. The second-order valence-corrected chi connectivity index (χ2v) is 8.18. The number of anilines is 1. The fourth-order valence-corrected chi connectivity index (χ4v) is 3.65. The Hall–Kier alpha value is -2.93. The number of amides is 2. The monoisotopic (exact) mass is 411 g/mol. The quantitative estimate of drug-likeness (QED) is 0.750. The summed E-state index contributed by atoms with van der Waals surface area (Å²) in [6.45, 7) is 5.53. The number of aliphatic imine (C=N–C) groups is 1. The third-order valence-electron chi connectivity index (χ3n) is 4.10. The molecule has 0 fully saturated rings. The first-order chi connectivity index (χ1) is 13.8. The summed E-state index contributed by atoms with van der Waals surface area (Å²) in [6.07, 6.45) is 1.70. The molecular weight excluding hydrogens is 389 g/mol. The van der Waals surface area contributed by atoms with Gasteiger partial charge >= 0.3 is 0 Å². The number of amidine groups is 1. The van der Waals surface area contributed by atoms with Gasteiger partial charge in [0.1, 0.15) is 11.5 Å². The zero-order chi connectivity index (χ0) is 21.0. The van der Waals surface area contributed by atoms with Gasteiger partial charge in [-0.25, -0.2) is 9.38 Å². The fraction of sp³-hybridized carbons (Fsp3) is 0.227. The molecule has 3 rings (SSSR count). The Kier molecular flexibility index (Phi) is 6.49.